The van der Waals surface area contributed by atoms with Crippen molar-refractivity contribution in [3.05, 3.63) is 55.0 Å². The number of aromatic nitrogens is 2. The monoisotopic (exact) mass is 320 g/mol. The molecule has 5 nitrogen and oxygen atoms in total. The molecule has 2 aromatic heterocycles. The molecule has 1 aliphatic rings. The summed E-state index contributed by atoms with van der Waals surface area (Å²) < 4.78 is 6.13. The number of fused-ring (bicyclic) bond motifs is 1. The third-order valence-electron chi connectivity index (χ3n) is 4.22. The second-order valence-electron chi connectivity index (χ2n) is 6.01. The van der Waals surface area contributed by atoms with Crippen LogP contribution < -0.4 is 15.4 Å². The molecule has 0 aliphatic carbocycles. The van der Waals surface area contributed by atoms with Crippen molar-refractivity contribution in [2.45, 2.75) is 18.9 Å². The molecular weight excluding hydrogens is 300 g/mol. The number of hydrogen-bond acceptors (Lipinski definition) is 5. The van der Waals surface area contributed by atoms with Gasteiger partial charge in [-0.25, -0.2) is 4.98 Å². The Morgan fingerprint density at radius 1 is 1.04 bits per heavy atom. The molecule has 1 aliphatic heterocycles. The fourth-order valence-electron chi connectivity index (χ4n) is 2.95. The van der Waals surface area contributed by atoms with E-state index in [4.69, 9.17) is 4.74 Å². The van der Waals surface area contributed by atoms with E-state index in [2.05, 4.69) is 32.7 Å². The number of piperidine rings is 1. The van der Waals surface area contributed by atoms with Gasteiger partial charge in [-0.2, -0.15) is 0 Å². The summed E-state index contributed by atoms with van der Waals surface area (Å²) in [5.41, 5.74) is 0.923. The first kappa shape index (κ1) is 14.9. The van der Waals surface area contributed by atoms with E-state index >= 15 is 0 Å². The fourth-order valence-corrected chi connectivity index (χ4v) is 2.95. The standard InChI is InChI=1S/C19H20N4O/c1-2-16(13-21-7-1)23-19-11-15-10-18(4-3-14(15)12-22-19)24-17-5-8-20-9-6-17/h1-4,7,10-13,17,20H,5-6,8-9H2,(H,22,23). The maximum atomic E-state index is 6.13. The summed E-state index contributed by atoms with van der Waals surface area (Å²) in [6.07, 6.45) is 7.83. The summed E-state index contributed by atoms with van der Waals surface area (Å²) >= 11 is 0. The first-order valence-electron chi connectivity index (χ1n) is 8.31. The molecule has 3 aromatic rings. The van der Waals surface area contributed by atoms with Crippen molar-refractivity contribution < 1.29 is 4.74 Å². The van der Waals surface area contributed by atoms with Crippen molar-refractivity contribution in [2.75, 3.05) is 18.4 Å². The predicted octanol–water partition coefficient (Wildman–Crippen LogP) is 3.50. The lowest BCUT2D eigenvalue weighted by atomic mass is 10.1. The fraction of sp³-hybridized carbons (Fsp3) is 0.263. The number of rotatable bonds is 4. The molecule has 0 unspecified atom stereocenters. The van der Waals surface area contributed by atoms with Gasteiger partial charge >= 0.3 is 0 Å². The molecule has 0 spiro atoms. The summed E-state index contributed by atoms with van der Waals surface area (Å²) in [5.74, 6) is 1.72. The number of hydrogen-bond donors (Lipinski definition) is 2. The Bertz CT molecular complexity index is 816. The zero-order valence-electron chi connectivity index (χ0n) is 13.4. The summed E-state index contributed by atoms with van der Waals surface area (Å²) in [7, 11) is 0. The molecular formula is C19H20N4O. The maximum Gasteiger partial charge on any atom is 0.130 e. The van der Waals surface area contributed by atoms with Crippen molar-refractivity contribution >= 4 is 22.3 Å². The summed E-state index contributed by atoms with van der Waals surface area (Å²) in [6.45, 7) is 2.06. The van der Waals surface area contributed by atoms with Crippen LogP contribution in [0.15, 0.2) is 55.0 Å². The third-order valence-corrected chi connectivity index (χ3v) is 4.22. The van der Waals surface area contributed by atoms with Crippen LogP contribution in [0.1, 0.15) is 12.8 Å². The maximum absolute atomic E-state index is 6.13. The van der Waals surface area contributed by atoms with Crippen molar-refractivity contribution in [1.29, 1.82) is 0 Å². The van der Waals surface area contributed by atoms with Gasteiger partial charge in [0.05, 0.1) is 11.9 Å². The van der Waals surface area contributed by atoms with Gasteiger partial charge in [0, 0.05) is 17.8 Å². The largest absolute Gasteiger partial charge is 0.490 e. The highest BCUT2D eigenvalue weighted by Gasteiger charge is 2.14. The van der Waals surface area contributed by atoms with Crippen LogP contribution in [0.4, 0.5) is 11.5 Å². The number of nitrogens with one attached hydrogen (secondary N) is 2. The molecule has 1 aromatic carbocycles. The topological polar surface area (TPSA) is 59.1 Å². The number of pyridine rings is 2. The van der Waals surface area contributed by atoms with Crippen LogP contribution in [0.3, 0.4) is 0 Å². The number of benzene rings is 1. The molecule has 122 valence electrons. The lowest BCUT2D eigenvalue weighted by Crippen LogP contribution is -2.34. The second kappa shape index (κ2) is 6.84. The van der Waals surface area contributed by atoms with Gasteiger partial charge in [-0.1, -0.05) is 0 Å². The zero-order valence-corrected chi connectivity index (χ0v) is 13.4. The molecule has 4 rings (SSSR count). The Hall–Kier alpha value is -2.66. The van der Waals surface area contributed by atoms with Crippen LogP contribution in [0.2, 0.25) is 0 Å². The van der Waals surface area contributed by atoms with Crippen LogP contribution in [-0.2, 0) is 0 Å². The van der Waals surface area contributed by atoms with Gasteiger partial charge in [-0.05, 0) is 67.7 Å². The summed E-state index contributed by atoms with van der Waals surface area (Å²) in [4.78, 5) is 8.57. The summed E-state index contributed by atoms with van der Waals surface area (Å²) in [6, 6.07) is 12.1. The van der Waals surface area contributed by atoms with E-state index in [1.54, 1.807) is 12.4 Å². The zero-order chi connectivity index (χ0) is 16.2. The molecule has 1 saturated heterocycles. The van der Waals surface area contributed by atoms with E-state index in [9.17, 15) is 0 Å². The third kappa shape index (κ3) is 3.46. The van der Waals surface area contributed by atoms with Gasteiger partial charge in [-0.15, -0.1) is 0 Å². The Kier molecular flexibility index (Phi) is 4.25. The quantitative estimate of drug-likeness (QED) is 0.770. The smallest absolute Gasteiger partial charge is 0.130 e. The highest BCUT2D eigenvalue weighted by atomic mass is 16.5. The lowest BCUT2D eigenvalue weighted by molar-refractivity contribution is 0.162. The van der Waals surface area contributed by atoms with Crippen LogP contribution in [0.5, 0.6) is 5.75 Å². The molecule has 5 heteroatoms. The number of nitrogens with zero attached hydrogens (tertiary/aromatic N) is 2. The van der Waals surface area contributed by atoms with E-state index in [0.717, 1.165) is 54.0 Å². The average molecular weight is 320 g/mol. The van der Waals surface area contributed by atoms with Gasteiger partial charge in [0.2, 0.25) is 0 Å². The highest BCUT2D eigenvalue weighted by molar-refractivity contribution is 5.85. The SMILES string of the molecule is c1cncc(Nc2cc3cc(OC4CCNCC4)ccc3cn2)c1. The molecule has 0 saturated carbocycles. The first-order chi connectivity index (χ1) is 11.9. The van der Waals surface area contributed by atoms with Crippen molar-refractivity contribution in [3.63, 3.8) is 0 Å². The van der Waals surface area contributed by atoms with Crippen molar-refractivity contribution in [1.82, 2.24) is 15.3 Å². The molecule has 0 atom stereocenters. The van der Waals surface area contributed by atoms with E-state index in [0.29, 0.717) is 6.10 Å². The van der Waals surface area contributed by atoms with E-state index < -0.39 is 0 Å². The number of ether oxygens (including phenoxy) is 1. The second-order valence-corrected chi connectivity index (χ2v) is 6.01. The minimum Gasteiger partial charge on any atom is -0.490 e. The number of anilines is 2. The van der Waals surface area contributed by atoms with Crippen LogP contribution in [0, 0.1) is 0 Å². The normalized spacial score (nSPS) is 15.3. The first-order valence-corrected chi connectivity index (χ1v) is 8.31. The van der Waals surface area contributed by atoms with E-state index in [-0.39, 0.29) is 0 Å². The molecule has 2 N–H and O–H groups in total. The molecule has 3 heterocycles. The van der Waals surface area contributed by atoms with Gasteiger partial charge in [-0.3, -0.25) is 4.98 Å². The van der Waals surface area contributed by atoms with Crippen molar-refractivity contribution in [2.24, 2.45) is 0 Å². The molecule has 0 amide bonds. The average Bonchev–Trinajstić information content (AvgIpc) is 2.63. The van der Waals surface area contributed by atoms with Crippen molar-refractivity contribution in [3.8, 4) is 5.75 Å². The van der Waals surface area contributed by atoms with Gasteiger partial charge in [0.25, 0.3) is 0 Å². The molecule has 0 bridgehead atoms. The van der Waals surface area contributed by atoms with Crippen LogP contribution in [0.25, 0.3) is 10.8 Å². The summed E-state index contributed by atoms with van der Waals surface area (Å²) in [5, 5.41) is 8.85. The predicted molar refractivity (Wildman–Crippen MR) is 95.8 cm³/mol. The minimum atomic E-state index is 0.304. The van der Waals surface area contributed by atoms with Crippen LogP contribution in [-0.4, -0.2) is 29.2 Å². The Balaban J connectivity index is 1.55. The van der Waals surface area contributed by atoms with Gasteiger partial charge in [0.1, 0.15) is 17.7 Å². The molecule has 1 fully saturated rings. The minimum absolute atomic E-state index is 0.304. The van der Waals surface area contributed by atoms with E-state index in [1.807, 2.05) is 30.5 Å². The molecule has 24 heavy (non-hydrogen) atoms. The Labute approximate surface area is 141 Å². The van der Waals surface area contributed by atoms with E-state index in [1.165, 1.54) is 0 Å². The molecule has 0 radical (unpaired) electrons. The van der Waals surface area contributed by atoms with Gasteiger partial charge < -0.3 is 15.4 Å². The Morgan fingerprint density at radius 3 is 2.79 bits per heavy atom. The Morgan fingerprint density at radius 2 is 1.96 bits per heavy atom. The van der Waals surface area contributed by atoms with Gasteiger partial charge in [0.15, 0.2) is 0 Å². The lowest BCUT2D eigenvalue weighted by Gasteiger charge is -2.24. The van der Waals surface area contributed by atoms with Crippen LogP contribution >= 0.6 is 0 Å². The highest BCUT2D eigenvalue weighted by Crippen LogP contribution is 2.25.